The molecule has 3 N–H and O–H groups in total. The summed E-state index contributed by atoms with van der Waals surface area (Å²) in [6.07, 6.45) is 1.48. The number of aldehydes is 1. The van der Waals surface area contributed by atoms with Crippen LogP contribution in [0.15, 0.2) is 30.6 Å². The van der Waals surface area contributed by atoms with Gasteiger partial charge in [-0.25, -0.2) is 4.98 Å². The number of carbonyl (C=O) groups is 1. The first-order valence-corrected chi connectivity index (χ1v) is 8.94. The van der Waals surface area contributed by atoms with E-state index in [4.69, 9.17) is 16.7 Å². The third-order valence-corrected chi connectivity index (χ3v) is 4.96. The third-order valence-electron chi connectivity index (χ3n) is 4.16. The first-order chi connectivity index (χ1) is 12.4. The van der Waals surface area contributed by atoms with Crippen molar-refractivity contribution in [3.8, 4) is 0 Å². The summed E-state index contributed by atoms with van der Waals surface area (Å²) < 4.78 is 1.76. The zero-order valence-corrected chi connectivity index (χ0v) is 16.0. The number of nitrogens with one attached hydrogen (secondary N) is 1. The van der Waals surface area contributed by atoms with E-state index in [-0.39, 0.29) is 13.2 Å². The number of aliphatic hydroxyl groups excluding tert-OH is 2. The highest BCUT2D eigenvalue weighted by molar-refractivity contribution is 7.29. The number of imidazole rings is 1. The van der Waals surface area contributed by atoms with Crippen LogP contribution in [0.25, 0.3) is 11.0 Å². The van der Waals surface area contributed by atoms with Gasteiger partial charge in [0.25, 0.3) is 0 Å². The number of benzene rings is 2. The summed E-state index contributed by atoms with van der Waals surface area (Å²) in [5.74, 6) is 0. The van der Waals surface area contributed by atoms with Gasteiger partial charge in [-0.2, -0.15) is 0 Å². The predicted molar refractivity (Wildman–Crippen MR) is 107 cm³/mol. The Morgan fingerprint density at radius 1 is 1.42 bits per heavy atom. The molecule has 3 rings (SSSR count). The number of fused-ring (bicyclic) bond motifs is 1. The van der Waals surface area contributed by atoms with Crippen LogP contribution in [-0.2, 0) is 6.54 Å². The monoisotopic (exact) mass is 391 g/mol. The van der Waals surface area contributed by atoms with Crippen molar-refractivity contribution >= 4 is 54.8 Å². The normalized spacial score (nSPS) is 12.3. The lowest BCUT2D eigenvalue weighted by Gasteiger charge is -2.17. The van der Waals surface area contributed by atoms with Crippen molar-refractivity contribution in [3.63, 3.8) is 0 Å². The number of hydrogen-bond donors (Lipinski definition) is 3. The van der Waals surface area contributed by atoms with E-state index in [2.05, 4.69) is 19.5 Å². The summed E-state index contributed by atoms with van der Waals surface area (Å²) >= 11 is 6.01. The number of hydrogen-bond acceptors (Lipinski definition) is 5. The number of aliphatic hydroxyl groups is 2. The topological polar surface area (TPSA) is 87.4 Å². The molecule has 3 aromatic rings. The molecular formula is C18H19ClN3O3P. The van der Waals surface area contributed by atoms with E-state index in [1.165, 1.54) is 0 Å². The number of nitrogens with zero attached hydrogens (tertiary/aromatic N) is 2. The second-order valence-electron chi connectivity index (χ2n) is 6.06. The molecule has 26 heavy (non-hydrogen) atoms. The molecule has 0 aliphatic rings. The molecule has 0 radical (unpaired) electrons. The van der Waals surface area contributed by atoms with Crippen molar-refractivity contribution in [2.75, 3.05) is 11.9 Å². The van der Waals surface area contributed by atoms with Gasteiger partial charge in [-0.1, -0.05) is 11.6 Å². The summed E-state index contributed by atoms with van der Waals surface area (Å²) in [6, 6.07) is 7.17. The van der Waals surface area contributed by atoms with Gasteiger partial charge in [-0.15, -0.1) is 9.24 Å². The highest BCUT2D eigenvalue weighted by atomic mass is 35.5. The summed E-state index contributed by atoms with van der Waals surface area (Å²) in [4.78, 5) is 15.9. The number of anilines is 2. The lowest BCUT2D eigenvalue weighted by Crippen LogP contribution is -2.21. The van der Waals surface area contributed by atoms with E-state index in [1.807, 2.05) is 19.1 Å². The Kier molecular flexibility index (Phi) is 5.58. The van der Waals surface area contributed by atoms with Crippen LogP contribution in [0.5, 0.6) is 0 Å². The quantitative estimate of drug-likeness (QED) is 0.443. The SMILES string of the molecule is Cc1cc(Cl)ccc1Nc1c(C=O)cc2ncn(CC(O)CO)c2c1P. The maximum Gasteiger partial charge on any atom is 0.152 e. The van der Waals surface area contributed by atoms with Gasteiger partial charge >= 0.3 is 0 Å². The maximum atomic E-state index is 11.6. The Bertz CT molecular complexity index is 974. The summed E-state index contributed by atoms with van der Waals surface area (Å²) in [7, 11) is 2.63. The lowest BCUT2D eigenvalue weighted by molar-refractivity contribution is 0.0821. The van der Waals surface area contributed by atoms with Gasteiger partial charge in [0.2, 0.25) is 0 Å². The molecule has 0 amide bonds. The molecule has 0 aliphatic carbocycles. The fourth-order valence-corrected chi connectivity index (χ4v) is 3.63. The molecule has 2 aromatic carbocycles. The van der Waals surface area contributed by atoms with Crippen molar-refractivity contribution in [3.05, 3.63) is 46.7 Å². The minimum atomic E-state index is -0.891. The number of halogens is 1. The van der Waals surface area contributed by atoms with Crippen molar-refractivity contribution < 1.29 is 15.0 Å². The van der Waals surface area contributed by atoms with Gasteiger partial charge in [-0.05, 0) is 36.8 Å². The van der Waals surface area contributed by atoms with Crippen molar-refractivity contribution in [1.82, 2.24) is 9.55 Å². The van der Waals surface area contributed by atoms with Crippen molar-refractivity contribution in [2.24, 2.45) is 0 Å². The zero-order valence-electron chi connectivity index (χ0n) is 14.1. The van der Waals surface area contributed by atoms with E-state index in [9.17, 15) is 9.90 Å². The van der Waals surface area contributed by atoms with Crippen LogP contribution in [0.1, 0.15) is 15.9 Å². The standard InChI is InChI=1S/C18H19ClN3O3P/c1-10-4-12(19)2-3-14(10)21-16-11(7-23)5-15-17(18(16)26)22(9-20-15)6-13(25)8-24/h2-5,7,9,13,21,24-25H,6,8,26H2,1H3. The molecule has 0 spiro atoms. The average Bonchev–Trinajstić information content (AvgIpc) is 3.01. The number of aromatic nitrogens is 2. The zero-order chi connectivity index (χ0) is 18.8. The molecule has 1 heterocycles. The van der Waals surface area contributed by atoms with E-state index in [1.54, 1.807) is 23.0 Å². The molecule has 2 atom stereocenters. The third kappa shape index (κ3) is 3.60. The summed E-state index contributed by atoms with van der Waals surface area (Å²) in [5.41, 5.74) is 4.31. The second-order valence-corrected chi connectivity index (χ2v) is 7.07. The van der Waals surface area contributed by atoms with Gasteiger partial charge in [0.1, 0.15) is 0 Å². The number of carbonyl (C=O) groups excluding carboxylic acids is 1. The highest BCUT2D eigenvalue weighted by Crippen LogP contribution is 2.28. The molecule has 0 aliphatic heterocycles. The molecule has 0 saturated heterocycles. The molecule has 8 heteroatoms. The molecule has 2 unspecified atom stereocenters. The van der Waals surface area contributed by atoms with E-state index in [0.717, 1.165) is 28.4 Å². The molecule has 0 saturated carbocycles. The maximum absolute atomic E-state index is 11.6. The Morgan fingerprint density at radius 2 is 2.19 bits per heavy atom. The smallest absolute Gasteiger partial charge is 0.152 e. The Labute approximate surface area is 158 Å². The molecule has 136 valence electrons. The van der Waals surface area contributed by atoms with Crippen LogP contribution in [0.2, 0.25) is 5.02 Å². The van der Waals surface area contributed by atoms with E-state index < -0.39 is 6.10 Å². The average molecular weight is 392 g/mol. The first kappa shape index (κ1) is 18.8. The molecule has 1 aromatic heterocycles. The van der Waals surface area contributed by atoms with Gasteiger partial charge in [0.15, 0.2) is 6.29 Å². The Balaban J connectivity index is 2.12. The van der Waals surface area contributed by atoms with Gasteiger partial charge in [0, 0.05) is 21.6 Å². The predicted octanol–water partition coefficient (Wildman–Crippen LogP) is 2.41. The van der Waals surface area contributed by atoms with Crippen LogP contribution in [0, 0.1) is 6.92 Å². The highest BCUT2D eigenvalue weighted by Gasteiger charge is 2.17. The Morgan fingerprint density at radius 3 is 2.85 bits per heavy atom. The fourth-order valence-electron chi connectivity index (χ4n) is 2.85. The van der Waals surface area contributed by atoms with Crippen LogP contribution in [0.4, 0.5) is 11.4 Å². The Hall–Kier alpha value is -1.98. The van der Waals surface area contributed by atoms with Crippen LogP contribution in [0.3, 0.4) is 0 Å². The molecule has 0 bridgehead atoms. The van der Waals surface area contributed by atoms with Crippen LogP contribution < -0.4 is 10.6 Å². The van der Waals surface area contributed by atoms with E-state index in [0.29, 0.717) is 21.8 Å². The summed E-state index contributed by atoms with van der Waals surface area (Å²) in [5, 5.41) is 23.6. The van der Waals surface area contributed by atoms with Crippen LogP contribution in [-0.4, -0.2) is 38.8 Å². The molecule has 6 nitrogen and oxygen atoms in total. The van der Waals surface area contributed by atoms with Crippen LogP contribution >= 0.6 is 20.8 Å². The largest absolute Gasteiger partial charge is 0.394 e. The van der Waals surface area contributed by atoms with Crippen molar-refractivity contribution in [1.29, 1.82) is 0 Å². The molecular weight excluding hydrogens is 373 g/mol. The second kappa shape index (κ2) is 7.72. The van der Waals surface area contributed by atoms with Gasteiger partial charge in [-0.3, -0.25) is 4.79 Å². The lowest BCUT2D eigenvalue weighted by atomic mass is 10.1. The minimum Gasteiger partial charge on any atom is -0.394 e. The number of rotatable bonds is 6. The van der Waals surface area contributed by atoms with Gasteiger partial charge in [0.05, 0.1) is 42.3 Å². The molecule has 0 fully saturated rings. The fraction of sp³-hybridized carbons (Fsp3) is 0.222. The van der Waals surface area contributed by atoms with E-state index >= 15 is 0 Å². The van der Waals surface area contributed by atoms with Crippen molar-refractivity contribution in [2.45, 2.75) is 19.6 Å². The number of aryl methyl sites for hydroxylation is 1. The summed E-state index contributed by atoms with van der Waals surface area (Å²) in [6.45, 7) is 1.79. The van der Waals surface area contributed by atoms with Gasteiger partial charge < -0.3 is 20.1 Å². The minimum absolute atomic E-state index is 0.203. The first-order valence-electron chi connectivity index (χ1n) is 7.99.